The predicted octanol–water partition coefficient (Wildman–Crippen LogP) is 1.39. The number of nitro groups is 1. The van der Waals surface area contributed by atoms with Crippen molar-refractivity contribution in [3.63, 3.8) is 0 Å². The molecule has 9 heteroatoms. The first-order valence-corrected chi connectivity index (χ1v) is 7.76. The Balaban J connectivity index is 2.36. The van der Waals surface area contributed by atoms with Crippen LogP contribution in [-0.4, -0.2) is 41.9 Å². The largest absolute Gasteiger partial charge is 0.392 e. The fraction of sp³-hybridized carbons (Fsp3) is 0.455. The van der Waals surface area contributed by atoms with Crippen LogP contribution in [0.2, 0.25) is 5.02 Å². The minimum absolute atomic E-state index is 0.00957. The van der Waals surface area contributed by atoms with Crippen LogP contribution in [0.25, 0.3) is 0 Å². The molecule has 1 atom stereocenters. The van der Waals surface area contributed by atoms with Crippen LogP contribution in [0.1, 0.15) is 12.8 Å². The van der Waals surface area contributed by atoms with Gasteiger partial charge in [0.25, 0.3) is 5.69 Å². The molecule has 110 valence electrons. The van der Waals surface area contributed by atoms with E-state index in [4.69, 9.17) is 11.6 Å². The Bertz CT molecular complexity index is 634. The van der Waals surface area contributed by atoms with Crippen molar-refractivity contribution < 1.29 is 18.4 Å². The molecular weight excluding hydrogens is 308 g/mol. The molecule has 20 heavy (non-hydrogen) atoms. The molecule has 1 N–H and O–H groups in total. The van der Waals surface area contributed by atoms with E-state index in [1.807, 2.05) is 0 Å². The smallest absolute Gasteiger partial charge is 0.271 e. The Labute approximate surface area is 121 Å². The maximum absolute atomic E-state index is 12.4. The van der Waals surface area contributed by atoms with E-state index in [1.54, 1.807) is 0 Å². The van der Waals surface area contributed by atoms with Crippen LogP contribution in [0.5, 0.6) is 0 Å². The van der Waals surface area contributed by atoms with Crippen molar-refractivity contribution in [2.75, 3.05) is 13.1 Å². The van der Waals surface area contributed by atoms with Gasteiger partial charge in [-0.15, -0.1) is 0 Å². The second-order valence-electron chi connectivity index (χ2n) is 4.53. The molecule has 0 bridgehead atoms. The number of nitrogens with zero attached hydrogens (tertiary/aromatic N) is 2. The monoisotopic (exact) mass is 320 g/mol. The van der Waals surface area contributed by atoms with Gasteiger partial charge in [0.1, 0.15) is 4.90 Å². The Morgan fingerprint density at radius 1 is 1.45 bits per heavy atom. The fourth-order valence-corrected chi connectivity index (χ4v) is 4.12. The molecule has 0 spiro atoms. The number of β-amino-alcohol motifs (C(OH)–C–C–N with tert-alkyl or cyclic N) is 1. The van der Waals surface area contributed by atoms with Crippen LogP contribution in [-0.2, 0) is 10.0 Å². The lowest BCUT2D eigenvalue weighted by Gasteiger charge is -2.29. The first-order valence-electron chi connectivity index (χ1n) is 5.94. The van der Waals surface area contributed by atoms with Crippen molar-refractivity contribution in [3.05, 3.63) is 33.3 Å². The average molecular weight is 321 g/mol. The number of nitro benzene ring substituents is 1. The number of rotatable bonds is 3. The van der Waals surface area contributed by atoms with E-state index < -0.39 is 21.1 Å². The zero-order valence-electron chi connectivity index (χ0n) is 10.4. The Hall–Kier alpha value is -1.22. The predicted molar refractivity (Wildman–Crippen MR) is 72.1 cm³/mol. The van der Waals surface area contributed by atoms with Gasteiger partial charge in [0.15, 0.2) is 0 Å². The highest BCUT2D eigenvalue weighted by Gasteiger charge is 2.31. The summed E-state index contributed by atoms with van der Waals surface area (Å²) in [4.78, 5) is 9.79. The standard InChI is InChI=1S/C11H13ClN2O5S/c12-10-6-8(14(16)17)3-4-11(10)20(18,19)13-5-1-2-9(15)7-13/h3-4,6,9,15H,1-2,5,7H2. The maximum Gasteiger partial charge on any atom is 0.271 e. The number of non-ortho nitro benzene ring substituents is 1. The number of aliphatic hydroxyl groups is 1. The van der Waals surface area contributed by atoms with Crippen molar-refractivity contribution in [3.8, 4) is 0 Å². The summed E-state index contributed by atoms with van der Waals surface area (Å²) in [6, 6.07) is 3.23. The maximum atomic E-state index is 12.4. The summed E-state index contributed by atoms with van der Waals surface area (Å²) in [5.74, 6) is 0. The first kappa shape index (κ1) is 15.2. The number of hydrogen-bond donors (Lipinski definition) is 1. The quantitative estimate of drug-likeness (QED) is 0.670. The lowest BCUT2D eigenvalue weighted by atomic mass is 10.1. The molecule has 1 aliphatic heterocycles. The molecule has 1 aromatic rings. The molecule has 1 heterocycles. The summed E-state index contributed by atoms with van der Waals surface area (Å²) in [7, 11) is -3.85. The lowest BCUT2D eigenvalue weighted by molar-refractivity contribution is -0.384. The summed E-state index contributed by atoms with van der Waals surface area (Å²) in [5, 5.41) is 20.0. The molecule has 0 aromatic heterocycles. The van der Waals surface area contributed by atoms with Crippen LogP contribution in [0.15, 0.2) is 23.1 Å². The van der Waals surface area contributed by atoms with Gasteiger partial charge in [0.2, 0.25) is 10.0 Å². The molecule has 1 saturated heterocycles. The van der Waals surface area contributed by atoms with Crippen molar-refractivity contribution in [1.29, 1.82) is 0 Å². The zero-order chi connectivity index (χ0) is 14.9. The summed E-state index contributed by atoms with van der Waals surface area (Å²) >= 11 is 5.84. The van der Waals surface area contributed by atoms with Gasteiger partial charge in [0, 0.05) is 25.2 Å². The van der Waals surface area contributed by atoms with Gasteiger partial charge < -0.3 is 5.11 Å². The Morgan fingerprint density at radius 3 is 2.70 bits per heavy atom. The average Bonchev–Trinajstić information content (AvgIpc) is 2.38. The van der Waals surface area contributed by atoms with E-state index >= 15 is 0 Å². The van der Waals surface area contributed by atoms with Gasteiger partial charge in [-0.25, -0.2) is 8.42 Å². The third-order valence-corrected chi connectivity index (χ3v) is 5.45. The highest BCUT2D eigenvalue weighted by Crippen LogP contribution is 2.29. The van der Waals surface area contributed by atoms with E-state index in [1.165, 1.54) is 0 Å². The number of sulfonamides is 1. The van der Waals surface area contributed by atoms with Crippen molar-refractivity contribution in [2.24, 2.45) is 0 Å². The molecule has 1 aliphatic rings. The highest BCUT2D eigenvalue weighted by molar-refractivity contribution is 7.89. The second-order valence-corrected chi connectivity index (χ2v) is 6.84. The van der Waals surface area contributed by atoms with E-state index in [2.05, 4.69) is 0 Å². The number of halogens is 1. The number of benzene rings is 1. The van der Waals surface area contributed by atoms with Gasteiger partial charge >= 0.3 is 0 Å². The number of piperidine rings is 1. The van der Waals surface area contributed by atoms with Gasteiger partial charge in [-0.3, -0.25) is 10.1 Å². The Morgan fingerprint density at radius 2 is 2.15 bits per heavy atom. The molecule has 1 unspecified atom stereocenters. The number of hydrogen-bond acceptors (Lipinski definition) is 5. The van der Waals surface area contributed by atoms with Crippen LogP contribution in [0, 0.1) is 10.1 Å². The van der Waals surface area contributed by atoms with E-state index in [-0.39, 0.29) is 22.2 Å². The van der Waals surface area contributed by atoms with Gasteiger partial charge in [-0.05, 0) is 18.9 Å². The minimum Gasteiger partial charge on any atom is -0.392 e. The number of aliphatic hydroxyl groups excluding tert-OH is 1. The second kappa shape index (κ2) is 5.65. The van der Waals surface area contributed by atoms with Gasteiger partial charge in [0.05, 0.1) is 16.0 Å². The normalized spacial score (nSPS) is 20.8. The molecular formula is C11H13ClN2O5S. The molecule has 2 rings (SSSR count). The van der Waals surface area contributed by atoms with Crippen LogP contribution < -0.4 is 0 Å². The van der Waals surface area contributed by atoms with Gasteiger partial charge in [-0.2, -0.15) is 4.31 Å². The molecule has 0 amide bonds. The topological polar surface area (TPSA) is 101 Å². The molecule has 0 saturated carbocycles. The minimum atomic E-state index is -3.85. The molecule has 0 radical (unpaired) electrons. The molecule has 1 fully saturated rings. The summed E-state index contributed by atoms with van der Waals surface area (Å²) in [6.45, 7) is 0.308. The lowest BCUT2D eigenvalue weighted by Crippen LogP contribution is -2.42. The SMILES string of the molecule is O=[N+]([O-])c1ccc(S(=O)(=O)N2CCCC(O)C2)c(Cl)c1. The first-order chi connectivity index (χ1) is 9.32. The van der Waals surface area contributed by atoms with Crippen LogP contribution in [0.4, 0.5) is 5.69 Å². The highest BCUT2D eigenvalue weighted by atomic mass is 35.5. The summed E-state index contributed by atoms with van der Waals surface area (Å²) < 4.78 is 25.9. The third kappa shape index (κ3) is 2.93. The Kier molecular flexibility index (Phi) is 4.28. The summed E-state index contributed by atoms with van der Waals surface area (Å²) in [5.41, 5.74) is -0.271. The van der Waals surface area contributed by atoms with Crippen LogP contribution in [0.3, 0.4) is 0 Å². The van der Waals surface area contributed by atoms with Crippen molar-refractivity contribution in [2.45, 2.75) is 23.8 Å². The van der Waals surface area contributed by atoms with E-state index in [0.29, 0.717) is 19.4 Å². The van der Waals surface area contributed by atoms with E-state index in [0.717, 1.165) is 22.5 Å². The molecule has 1 aromatic carbocycles. The zero-order valence-corrected chi connectivity index (χ0v) is 12.0. The van der Waals surface area contributed by atoms with Gasteiger partial charge in [-0.1, -0.05) is 11.6 Å². The van der Waals surface area contributed by atoms with Crippen molar-refractivity contribution >= 4 is 27.3 Å². The molecule has 7 nitrogen and oxygen atoms in total. The fourth-order valence-electron chi connectivity index (χ4n) is 2.09. The van der Waals surface area contributed by atoms with E-state index in [9.17, 15) is 23.6 Å². The third-order valence-electron chi connectivity index (χ3n) is 3.10. The van der Waals surface area contributed by atoms with Crippen LogP contribution >= 0.6 is 11.6 Å². The molecule has 0 aliphatic carbocycles. The summed E-state index contributed by atoms with van der Waals surface area (Å²) in [6.07, 6.45) is 0.417. The van der Waals surface area contributed by atoms with Crippen molar-refractivity contribution in [1.82, 2.24) is 4.31 Å².